The monoisotopic (exact) mass is 430 g/mol. The molecule has 1 saturated heterocycles. The van der Waals surface area contributed by atoms with Crippen LogP contribution in [0.25, 0.3) is 11.4 Å². The van der Waals surface area contributed by atoms with Crippen LogP contribution in [0.4, 0.5) is 0 Å². The molecule has 0 bridgehead atoms. The van der Waals surface area contributed by atoms with Crippen molar-refractivity contribution in [1.29, 1.82) is 0 Å². The van der Waals surface area contributed by atoms with E-state index in [9.17, 15) is 9.59 Å². The minimum Gasteiger partial charge on any atom is -0.493 e. The second-order valence-corrected chi connectivity index (χ2v) is 7.46. The first-order chi connectivity index (χ1) is 15.1. The van der Waals surface area contributed by atoms with Crippen molar-refractivity contribution in [3.63, 3.8) is 0 Å². The number of rotatable bonds is 11. The zero-order chi connectivity index (χ0) is 22.1. The van der Waals surface area contributed by atoms with Crippen molar-refractivity contribution in [2.45, 2.75) is 51.6 Å². The lowest BCUT2D eigenvalue weighted by Gasteiger charge is -2.12. The highest BCUT2D eigenvalue weighted by molar-refractivity contribution is 5.76. The highest BCUT2D eigenvalue weighted by atomic mass is 16.5. The van der Waals surface area contributed by atoms with Gasteiger partial charge in [-0.3, -0.25) is 9.59 Å². The Morgan fingerprint density at radius 1 is 1.32 bits per heavy atom. The molecule has 1 unspecified atom stereocenters. The number of aromatic amines is 1. The third-order valence-electron chi connectivity index (χ3n) is 5.10. The lowest BCUT2D eigenvalue weighted by Crippen LogP contribution is -2.32. The van der Waals surface area contributed by atoms with E-state index in [4.69, 9.17) is 14.2 Å². The summed E-state index contributed by atoms with van der Waals surface area (Å²) in [6, 6.07) is 5.33. The third kappa shape index (κ3) is 6.52. The fourth-order valence-electron chi connectivity index (χ4n) is 3.27. The number of nitrogens with zero attached hydrogens (tertiary/aromatic N) is 2. The van der Waals surface area contributed by atoms with Crippen LogP contribution in [0.1, 0.15) is 44.7 Å². The van der Waals surface area contributed by atoms with Crippen LogP contribution in [0.5, 0.6) is 11.5 Å². The standard InChI is InChI=1S/C22H30N4O5/c1-3-4-11-31-18-9-7-15(13-19(18)29-2)21-24-22(28)17(25-26-21)8-10-20(27)23-14-16-6-5-12-30-16/h7,9,13,16H,3-6,8,10-12,14H2,1-2H3,(H,23,27)(H,24,26,28). The number of aryl methyl sites for hydroxylation is 1. The van der Waals surface area contributed by atoms with Gasteiger partial charge >= 0.3 is 0 Å². The molecule has 2 N–H and O–H groups in total. The second-order valence-electron chi connectivity index (χ2n) is 7.46. The molecule has 1 amide bonds. The maximum absolute atomic E-state index is 12.4. The highest BCUT2D eigenvalue weighted by Crippen LogP contribution is 2.31. The number of H-pyrrole nitrogens is 1. The lowest BCUT2D eigenvalue weighted by molar-refractivity contribution is -0.121. The summed E-state index contributed by atoms with van der Waals surface area (Å²) in [7, 11) is 1.56. The highest BCUT2D eigenvalue weighted by Gasteiger charge is 2.17. The van der Waals surface area contributed by atoms with E-state index in [2.05, 4.69) is 27.4 Å². The number of unbranched alkanes of at least 4 members (excludes halogenated alkanes) is 1. The molecule has 0 radical (unpaired) electrons. The lowest BCUT2D eigenvalue weighted by atomic mass is 10.2. The summed E-state index contributed by atoms with van der Waals surface area (Å²) in [4.78, 5) is 27.2. The number of aromatic nitrogens is 3. The minimum atomic E-state index is -0.362. The summed E-state index contributed by atoms with van der Waals surface area (Å²) in [5, 5.41) is 11.0. The van der Waals surface area contributed by atoms with E-state index in [1.807, 2.05) is 0 Å². The molecular formula is C22H30N4O5. The van der Waals surface area contributed by atoms with Gasteiger partial charge in [0, 0.05) is 31.6 Å². The number of hydrogen-bond donors (Lipinski definition) is 2. The molecule has 3 rings (SSSR count). The smallest absolute Gasteiger partial charge is 0.273 e. The molecule has 2 heterocycles. The predicted octanol–water partition coefficient (Wildman–Crippen LogP) is 2.25. The van der Waals surface area contributed by atoms with Gasteiger partial charge in [-0.15, -0.1) is 10.2 Å². The van der Waals surface area contributed by atoms with E-state index in [-0.39, 0.29) is 36.1 Å². The summed E-state index contributed by atoms with van der Waals surface area (Å²) in [5.74, 6) is 1.39. The summed E-state index contributed by atoms with van der Waals surface area (Å²) in [6.45, 7) is 3.96. The third-order valence-corrected chi connectivity index (χ3v) is 5.10. The normalized spacial score (nSPS) is 15.6. The Morgan fingerprint density at radius 2 is 2.19 bits per heavy atom. The Balaban J connectivity index is 1.59. The maximum Gasteiger partial charge on any atom is 0.273 e. The number of methoxy groups -OCH3 is 1. The maximum atomic E-state index is 12.4. The van der Waals surface area contributed by atoms with Crippen LogP contribution in [0.2, 0.25) is 0 Å². The first-order valence-corrected chi connectivity index (χ1v) is 10.8. The molecular weight excluding hydrogens is 400 g/mol. The van der Waals surface area contributed by atoms with Gasteiger partial charge in [0.25, 0.3) is 5.56 Å². The molecule has 0 aliphatic carbocycles. The number of benzene rings is 1. The van der Waals surface area contributed by atoms with Crippen molar-refractivity contribution in [2.24, 2.45) is 0 Å². The van der Waals surface area contributed by atoms with Gasteiger partial charge in [-0.1, -0.05) is 13.3 Å². The van der Waals surface area contributed by atoms with Gasteiger partial charge in [0.15, 0.2) is 17.3 Å². The van der Waals surface area contributed by atoms with Crippen molar-refractivity contribution >= 4 is 5.91 Å². The van der Waals surface area contributed by atoms with Crippen LogP contribution in [-0.2, 0) is 16.0 Å². The zero-order valence-electron chi connectivity index (χ0n) is 18.1. The van der Waals surface area contributed by atoms with Gasteiger partial charge in [-0.25, -0.2) is 0 Å². The number of carbonyl (C=O) groups excluding carboxylic acids is 1. The van der Waals surface area contributed by atoms with Crippen molar-refractivity contribution in [3.05, 3.63) is 34.2 Å². The van der Waals surface area contributed by atoms with Crippen LogP contribution in [0, 0.1) is 0 Å². The Bertz CT molecular complexity index is 924. The van der Waals surface area contributed by atoms with Crippen LogP contribution in [0.15, 0.2) is 23.0 Å². The largest absolute Gasteiger partial charge is 0.493 e. The molecule has 1 aromatic heterocycles. The van der Waals surface area contributed by atoms with Crippen molar-refractivity contribution in [3.8, 4) is 22.9 Å². The van der Waals surface area contributed by atoms with E-state index >= 15 is 0 Å². The number of ether oxygens (including phenoxy) is 3. The summed E-state index contributed by atoms with van der Waals surface area (Å²) in [5.41, 5.74) is 0.520. The summed E-state index contributed by atoms with van der Waals surface area (Å²) in [6.07, 6.45) is 4.46. The molecule has 9 heteroatoms. The average molecular weight is 431 g/mol. The molecule has 1 aliphatic heterocycles. The molecule has 168 valence electrons. The van der Waals surface area contributed by atoms with Crippen molar-refractivity contribution < 1.29 is 19.0 Å². The van der Waals surface area contributed by atoms with Crippen molar-refractivity contribution in [2.75, 3.05) is 26.9 Å². The van der Waals surface area contributed by atoms with Gasteiger partial charge < -0.3 is 24.5 Å². The molecule has 9 nitrogen and oxygen atoms in total. The molecule has 0 saturated carbocycles. The van der Waals surface area contributed by atoms with Gasteiger partial charge in [-0.2, -0.15) is 0 Å². The van der Waals surface area contributed by atoms with Crippen LogP contribution >= 0.6 is 0 Å². The Morgan fingerprint density at radius 3 is 2.90 bits per heavy atom. The molecule has 1 aromatic carbocycles. The predicted molar refractivity (Wildman–Crippen MR) is 115 cm³/mol. The zero-order valence-corrected chi connectivity index (χ0v) is 18.1. The average Bonchev–Trinajstić information content (AvgIpc) is 3.31. The van der Waals surface area contributed by atoms with E-state index < -0.39 is 0 Å². The van der Waals surface area contributed by atoms with E-state index in [1.54, 1.807) is 25.3 Å². The number of carbonyl (C=O) groups is 1. The molecule has 1 aliphatic rings. The van der Waals surface area contributed by atoms with E-state index in [0.717, 1.165) is 32.3 Å². The SMILES string of the molecule is CCCCOc1ccc(-c2nnc(CCC(=O)NCC3CCCO3)c(=O)[nH]2)cc1OC. The Kier molecular flexibility index (Phi) is 8.40. The fourth-order valence-corrected chi connectivity index (χ4v) is 3.27. The van der Waals surface area contributed by atoms with Crippen LogP contribution in [0.3, 0.4) is 0 Å². The quantitative estimate of drug-likeness (QED) is 0.525. The summed E-state index contributed by atoms with van der Waals surface area (Å²) < 4.78 is 16.6. The van der Waals surface area contributed by atoms with Gasteiger partial charge in [0.05, 0.1) is 19.8 Å². The van der Waals surface area contributed by atoms with E-state index in [1.165, 1.54) is 0 Å². The number of amides is 1. The van der Waals surface area contributed by atoms with Gasteiger partial charge in [-0.05, 0) is 37.5 Å². The number of hydrogen-bond acceptors (Lipinski definition) is 7. The van der Waals surface area contributed by atoms with Crippen molar-refractivity contribution in [1.82, 2.24) is 20.5 Å². The second kappa shape index (κ2) is 11.5. The molecule has 0 spiro atoms. The van der Waals surface area contributed by atoms with Gasteiger partial charge in [0.2, 0.25) is 5.91 Å². The molecule has 1 atom stereocenters. The van der Waals surface area contributed by atoms with Crippen LogP contribution < -0.4 is 20.3 Å². The molecule has 2 aromatic rings. The molecule has 31 heavy (non-hydrogen) atoms. The summed E-state index contributed by atoms with van der Waals surface area (Å²) >= 11 is 0. The molecule has 1 fully saturated rings. The fraction of sp³-hybridized carbons (Fsp3) is 0.545. The van der Waals surface area contributed by atoms with Crippen LogP contribution in [-0.4, -0.2) is 54.1 Å². The Labute approximate surface area is 181 Å². The minimum absolute atomic E-state index is 0.0897. The van der Waals surface area contributed by atoms with Gasteiger partial charge in [0.1, 0.15) is 5.69 Å². The first kappa shape index (κ1) is 22.7. The topological polar surface area (TPSA) is 115 Å². The van der Waals surface area contributed by atoms with E-state index in [0.29, 0.717) is 36.0 Å². The Hall–Kier alpha value is -2.94. The first-order valence-electron chi connectivity index (χ1n) is 10.8. The number of nitrogens with one attached hydrogen (secondary N) is 2.